The van der Waals surface area contributed by atoms with Crippen LogP contribution in [0.15, 0.2) is 42.5 Å². The van der Waals surface area contributed by atoms with Gasteiger partial charge in [0.2, 0.25) is 0 Å². The molecule has 2 aromatic rings. The number of nitriles is 1. The Labute approximate surface area is 120 Å². The molecule has 0 unspecified atom stereocenters. The van der Waals surface area contributed by atoms with Crippen LogP contribution in [0.3, 0.4) is 0 Å². The summed E-state index contributed by atoms with van der Waals surface area (Å²) in [6.45, 7) is 0.145. The molecule has 0 spiro atoms. The smallest absolute Gasteiger partial charge is 0.274 e. The molecule has 5 nitrogen and oxygen atoms in total. The Hall–Kier alpha value is -2.94. The maximum Gasteiger partial charge on any atom is 0.274 e. The van der Waals surface area contributed by atoms with Crippen molar-refractivity contribution in [3.05, 3.63) is 69.5 Å². The van der Waals surface area contributed by atoms with Gasteiger partial charge < -0.3 is 5.32 Å². The molecule has 0 saturated heterocycles. The van der Waals surface area contributed by atoms with Crippen molar-refractivity contribution >= 4 is 11.4 Å². The lowest BCUT2D eigenvalue weighted by Crippen LogP contribution is -2.03. The van der Waals surface area contributed by atoms with Crippen LogP contribution in [0.1, 0.15) is 11.1 Å². The van der Waals surface area contributed by atoms with Gasteiger partial charge >= 0.3 is 0 Å². The minimum Gasteiger partial charge on any atom is -0.381 e. The number of nitrogens with zero attached hydrogens (tertiary/aromatic N) is 2. The molecule has 0 aliphatic carbocycles. The molecule has 0 heterocycles. The third kappa shape index (κ3) is 3.76. The van der Waals surface area contributed by atoms with Gasteiger partial charge in [0.1, 0.15) is 5.82 Å². The van der Waals surface area contributed by atoms with Gasteiger partial charge in [-0.1, -0.05) is 12.1 Å². The molecule has 6 heteroatoms. The fourth-order valence-corrected chi connectivity index (χ4v) is 1.90. The summed E-state index contributed by atoms with van der Waals surface area (Å²) in [6, 6.07) is 12.6. The second-order valence-corrected chi connectivity index (χ2v) is 4.42. The standard InChI is InChI=1S/C15H12FN3O2/c16-13-3-6-15(19(20)21)12(9-13)10-18-14-4-1-11(2-5-14)7-8-17/h1-6,9,18H,7,10H2. The molecular formula is C15H12FN3O2. The fourth-order valence-electron chi connectivity index (χ4n) is 1.90. The van der Waals surface area contributed by atoms with Crippen LogP contribution in [0.4, 0.5) is 15.8 Å². The van der Waals surface area contributed by atoms with Gasteiger partial charge in [0.05, 0.1) is 23.0 Å². The molecule has 0 radical (unpaired) electrons. The van der Waals surface area contributed by atoms with Crippen LogP contribution < -0.4 is 5.32 Å². The lowest BCUT2D eigenvalue weighted by atomic mass is 10.1. The number of hydrogen-bond acceptors (Lipinski definition) is 4. The van der Waals surface area contributed by atoms with E-state index in [0.717, 1.165) is 29.4 Å². The van der Waals surface area contributed by atoms with E-state index in [-0.39, 0.29) is 17.8 Å². The van der Waals surface area contributed by atoms with Crippen LogP contribution in [0, 0.1) is 27.3 Å². The average molecular weight is 285 g/mol. The fraction of sp³-hybridized carbons (Fsp3) is 0.133. The maximum atomic E-state index is 13.2. The Kier molecular flexibility index (Phi) is 4.46. The summed E-state index contributed by atoms with van der Waals surface area (Å²) in [7, 11) is 0. The van der Waals surface area contributed by atoms with Crippen LogP contribution in [0.2, 0.25) is 0 Å². The molecule has 0 atom stereocenters. The van der Waals surface area contributed by atoms with Gasteiger partial charge in [-0.2, -0.15) is 5.26 Å². The van der Waals surface area contributed by atoms with E-state index in [0.29, 0.717) is 6.42 Å². The van der Waals surface area contributed by atoms with Gasteiger partial charge in [0.15, 0.2) is 0 Å². The zero-order chi connectivity index (χ0) is 15.2. The summed E-state index contributed by atoms with van der Waals surface area (Å²) in [5.41, 5.74) is 1.79. The molecule has 1 N–H and O–H groups in total. The third-order valence-electron chi connectivity index (χ3n) is 2.96. The molecule has 0 fully saturated rings. The molecule has 106 valence electrons. The van der Waals surface area contributed by atoms with Gasteiger partial charge in [-0.05, 0) is 29.8 Å². The first-order valence-corrected chi connectivity index (χ1v) is 6.22. The van der Waals surface area contributed by atoms with E-state index in [4.69, 9.17) is 5.26 Å². The highest BCUT2D eigenvalue weighted by Gasteiger charge is 2.13. The topological polar surface area (TPSA) is 79.0 Å². The van der Waals surface area contributed by atoms with Crippen molar-refractivity contribution in [1.29, 1.82) is 5.26 Å². The van der Waals surface area contributed by atoms with Crippen LogP contribution in [0.25, 0.3) is 0 Å². The summed E-state index contributed by atoms with van der Waals surface area (Å²) in [6.07, 6.45) is 0.329. The third-order valence-corrected chi connectivity index (χ3v) is 2.96. The number of benzene rings is 2. The molecule has 21 heavy (non-hydrogen) atoms. The molecule has 0 aliphatic rings. The number of halogens is 1. The second-order valence-electron chi connectivity index (χ2n) is 4.42. The van der Waals surface area contributed by atoms with E-state index in [2.05, 4.69) is 11.4 Å². The molecule has 0 bridgehead atoms. The molecule has 0 aliphatic heterocycles. The summed E-state index contributed by atoms with van der Waals surface area (Å²) < 4.78 is 13.2. The number of hydrogen-bond donors (Lipinski definition) is 1. The van der Waals surface area contributed by atoms with Gasteiger partial charge in [-0.15, -0.1) is 0 Å². The van der Waals surface area contributed by atoms with Crippen molar-refractivity contribution in [3.8, 4) is 6.07 Å². The first-order chi connectivity index (χ1) is 10.1. The monoisotopic (exact) mass is 285 g/mol. The first-order valence-electron chi connectivity index (χ1n) is 6.22. The zero-order valence-electron chi connectivity index (χ0n) is 11.0. The van der Waals surface area contributed by atoms with E-state index in [1.54, 1.807) is 24.3 Å². The highest BCUT2D eigenvalue weighted by molar-refractivity contribution is 5.48. The molecule has 0 amide bonds. The minimum absolute atomic E-state index is 0.120. The first kappa shape index (κ1) is 14.5. The molecule has 2 aromatic carbocycles. The van der Waals surface area contributed by atoms with E-state index in [9.17, 15) is 14.5 Å². The van der Waals surface area contributed by atoms with Crippen LogP contribution in [0.5, 0.6) is 0 Å². The van der Waals surface area contributed by atoms with Crippen molar-refractivity contribution < 1.29 is 9.31 Å². The van der Waals surface area contributed by atoms with Crippen molar-refractivity contribution in [2.75, 3.05) is 5.32 Å². The van der Waals surface area contributed by atoms with E-state index >= 15 is 0 Å². The normalized spacial score (nSPS) is 9.90. The zero-order valence-corrected chi connectivity index (χ0v) is 11.0. The number of nitro groups is 1. The Morgan fingerprint density at radius 2 is 1.95 bits per heavy atom. The van der Waals surface area contributed by atoms with Gasteiger partial charge in [-0.3, -0.25) is 10.1 Å². The summed E-state index contributed by atoms with van der Waals surface area (Å²) in [5, 5.41) is 22.5. The van der Waals surface area contributed by atoms with Crippen molar-refractivity contribution in [2.45, 2.75) is 13.0 Å². The highest BCUT2D eigenvalue weighted by atomic mass is 19.1. The van der Waals surface area contributed by atoms with Crippen molar-refractivity contribution in [2.24, 2.45) is 0 Å². The van der Waals surface area contributed by atoms with E-state index in [1.807, 2.05) is 0 Å². The Bertz CT molecular complexity index is 693. The van der Waals surface area contributed by atoms with E-state index in [1.165, 1.54) is 0 Å². The summed E-state index contributed by atoms with van der Waals surface area (Å²) in [4.78, 5) is 10.4. The predicted molar refractivity (Wildman–Crippen MR) is 76.1 cm³/mol. The number of nitro benzene ring substituents is 1. The Morgan fingerprint density at radius 3 is 2.57 bits per heavy atom. The van der Waals surface area contributed by atoms with Gasteiger partial charge in [0, 0.05) is 18.3 Å². The molecule has 0 saturated carbocycles. The molecule has 2 rings (SSSR count). The lowest BCUT2D eigenvalue weighted by molar-refractivity contribution is -0.385. The van der Waals surface area contributed by atoms with Crippen LogP contribution in [-0.2, 0) is 13.0 Å². The average Bonchev–Trinajstić information content (AvgIpc) is 2.46. The Balaban J connectivity index is 2.11. The predicted octanol–water partition coefficient (Wildman–Crippen LogP) is 3.41. The minimum atomic E-state index is -0.535. The highest BCUT2D eigenvalue weighted by Crippen LogP contribution is 2.21. The second kappa shape index (κ2) is 6.48. The number of nitrogens with one attached hydrogen (secondary N) is 1. The van der Waals surface area contributed by atoms with Crippen LogP contribution >= 0.6 is 0 Å². The largest absolute Gasteiger partial charge is 0.381 e. The van der Waals surface area contributed by atoms with Gasteiger partial charge in [0.25, 0.3) is 5.69 Å². The number of anilines is 1. The maximum absolute atomic E-state index is 13.2. The lowest BCUT2D eigenvalue weighted by Gasteiger charge is -2.08. The van der Waals surface area contributed by atoms with Crippen molar-refractivity contribution in [3.63, 3.8) is 0 Å². The molecule has 0 aromatic heterocycles. The van der Waals surface area contributed by atoms with Crippen LogP contribution in [-0.4, -0.2) is 4.92 Å². The van der Waals surface area contributed by atoms with Gasteiger partial charge in [-0.25, -0.2) is 4.39 Å². The SMILES string of the molecule is N#CCc1ccc(NCc2cc(F)ccc2[N+](=O)[O-])cc1. The Morgan fingerprint density at radius 1 is 1.24 bits per heavy atom. The van der Waals surface area contributed by atoms with E-state index < -0.39 is 10.7 Å². The quantitative estimate of drug-likeness (QED) is 0.674. The van der Waals surface area contributed by atoms with Crippen molar-refractivity contribution in [1.82, 2.24) is 0 Å². The molecular weight excluding hydrogens is 273 g/mol. The summed E-state index contributed by atoms with van der Waals surface area (Å²) >= 11 is 0. The summed E-state index contributed by atoms with van der Waals surface area (Å²) in [5.74, 6) is -0.512. The number of rotatable bonds is 5.